The molecular formula is C26H22O. The Morgan fingerprint density at radius 3 is 1.44 bits per heavy atom. The molecule has 0 spiro atoms. The Balaban J connectivity index is 1.74. The Labute approximate surface area is 160 Å². The molecule has 1 saturated carbocycles. The normalized spacial score (nSPS) is 20.1. The maximum atomic E-state index is 13.2. The number of rotatable bonds is 3. The van der Waals surface area contributed by atoms with Crippen LogP contribution in [0.4, 0.5) is 0 Å². The lowest BCUT2D eigenvalue weighted by Gasteiger charge is -2.26. The molecule has 0 saturated heterocycles. The van der Waals surface area contributed by atoms with Crippen molar-refractivity contribution in [3.63, 3.8) is 0 Å². The van der Waals surface area contributed by atoms with Crippen molar-refractivity contribution in [3.05, 3.63) is 119 Å². The fourth-order valence-corrected chi connectivity index (χ4v) is 3.71. The second-order valence-corrected chi connectivity index (χ2v) is 7.01. The highest BCUT2D eigenvalue weighted by Gasteiger charge is 2.28. The highest BCUT2D eigenvalue weighted by atomic mass is 16.1. The van der Waals surface area contributed by atoms with Gasteiger partial charge in [0.1, 0.15) is 0 Å². The third-order valence-corrected chi connectivity index (χ3v) is 5.07. The summed E-state index contributed by atoms with van der Waals surface area (Å²) >= 11 is 0. The van der Waals surface area contributed by atoms with E-state index in [0.29, 0.717) is 5.92 Å². The Kier molecular flexibility index (Phi) is 5.11. The van der Waals surface area contributed by atoms with Crippen molar-refractivity contribution < 1.29 is 4.79 Å². The number of benzene rings is 3. The largest absolute Gasteiger partial charge is 0.289 e. The van der Waals surface area contributed by atoms with E-state index in [2.05, 4.69) is 36.4 Å². The van der Waals surface area contributed by atoms with E-state index in [4.69, 9.17) is 0 Å². The van der Waals surface area contributed by atoms with E-state index in [9.17, 15) is 4.79 Å². The second-order valence-electron chi connectivity index (χ2n) is 7.01. The van der Waals surface area contributed by atoms with Gasteiger partial charge in [-0.2, -0.15) is 0 Å². The summed E-state index contributed by atoms with van der Waals surface area (Å²) in [5, 5.41) is 0. The number of hydrogen-bond donors (Lipinski definition) is 0. The van der Waals surface area contributed by atoms with E-state index in [0.717, 1.165) is 35.1 Å². The Morgan fingerprint density at radius 1 is 0.593 bits per heavy atom. The van der Waals surface area contributed by atoms with Crippen LogP contribution in [0.15, 0.2) is 102 Å². The lowest BCUT2D eigenvalue weighted by Crippen LogP contribution is -2.19. The molecule has 27 heavy (non-hydrogen) atoms. The van der Waals surface area contributed by atoms with Gasteiger partial charge in [-0.25, -0.2) is 0 Å². The van der Waals surface area contributed by atoms with Crippen molar-refractivity contribution in [3.8, 4) is 0 Å². The third kappa shape index (κ3) is 4.15. The number of hydrogen-bond acceptors (Lipinski definition) is 1. The first-order valence-electron chi connectivity index (χ1n) is 9.40. The summed E-state index contributed by atoms with van der Waals surface area (Å²) in [5.41, 5.74) is 5.23. The molecule has 0 N–H and O–H groups in total. The van der Waals surface area contributed by atoms with Gasteiger partial charge in [0.15, 0.2) is 5.78 Å². The molecule has 3 aromatic rings. The molecule has 1 heteroatoms. The van der Waals surface area contributed by atoms with Gasteiger partial charge < -0.3 is 0 Å². The minimum Gasteiger partial charge on any atom is -0.289 e. The first-order chi connectivity index (χ1) is 13.3. The van der Waals surface area contributed by atoms with Crippen LogP contribution >= 0.6 is 0 Å². The zero-order chi connectivity index (χ0) is 18.5. The average Bonchev–Trinajstić information content (AvgIpc) is 2.73. The molecule has 1 fully saturated rings. The predicted octanol–water partition coefficient (Wildman–Crippen LogP) is 6.30. The maximum absolute atomic E-state index is 13.2. The maximum Gasteiger partial charge on any atom is 0.185 e. The highest BCUT2D eigenvalue weighted by molar-refractivity contribution is 6.14. The molecule has 1 nitrogen and oxygen atoms in total. The third-order valence-electron chi connectivity index (χ3n) is 5.07. The summed E-state index contributed by atoms with van der Waals surface area (Å²) in [6.45, 7) is 0. The molecule has 3 aromatic carbocycles. The zero-order valence-corrected chi connectivity index (χ0v) is 15.2. The van der Waals surface area contributed by atoms with Crippen molar-refractivity contribution in [2.24, 2.45) is 0 Å². The van der Waals surface area contributed by atoms with E-state index < -0.39 is 0 Å². The van der Waals surface area contributed by atoms with Crippen LogP contribution in [0.25, 0.3) is 12.2 Å². The van der Waals surface area contributed by atoms with Crippen LogP contribution in [-0.4, -0.2) is 5.78 Å². The highest BCUT2D eigenvalue weighted by Crippen LogP contribution is 2.38. The summed E-state index contributed by atoms with van der Waals surface area (Å²) in [4.78, 5) is 13.2. The van der Waals surface area contributed by atoms with E-state index in [-0.39, 0.29) is 5.78 Å². The first kappa shape index (κ1) is 17.2. The quantitative estimate of drug-likeness (QED) is 0.507. The van der Waals surface area contributed by atoms with Crippen LogP contribution in [0.1, 0.15) is 35.4 Å². The van der Waals surface area contributed by atoms with Gasteiger partial charge >= 0.3 is 0 Å². The number of ketones is 1. The van der Waals surface area contributed by atoms with Gasteiger partial charge in [-0.15, -0.1) is 0 Å². The fraction of sp³-hybridized carbons (Fsp3) is 0.115. The molecule has 4 rings (SSSR count). The summed E-state index contributed by atoms with van der Waals surface area (Å²) in [6.07, 6.45) is 5.67. The van der Waals surface area contributed by atoms with Gasteiger partial charge in [0, 0.05) is 11.1 Å². The number of allylic oxidation sites excluding steroid dienone is 2. The number of carbonyl (C=O) groups is 1. The van der Waals surface area contributed by atoms with Gasteiger partial charge in [0.2, 0.25) is 0 Å². The molecule has 1 aliphatic carbocycles. The van der Waals surface area contributed by atoms with Crippen molar-refractivity contribution in [2.75, 3.05) is 0 Å². The Bertz CT molecular complexity index is 905. The minimum atomic E-state index is 0.176. The van der Waals surface area contributed by atoms with Crippen LogP contribution in [-0.2, 0) is 4.79 Å². The standard InChI is InChI=1S/C26H22O/c27-26-24(16-20-10-4-1-5-11-20)18-23(22-14-8-3-9-15-22)19-25(26)17-21-12-6-2-7-13-21/h1-17,23H,18-19H2. The smallest absolute Gasteiger partial charge is 0.185 e. The molecular weight excluding hydrogens is 328 g/mol. The molecule has 0 aromatic heterocycles. The van der Waals surface area contributed by atoms with Gasteiger partial charge in [-0.1, -0.05) is 91.0 Å². The van der Waals surface area contributed by atoms with E-state index in [1.807, 2.05) is 66.7 Å². The van der Waals surface area contributed by atoms with Crippen LogP contribution < -0.4 is 0 Å². The second kappa shape index (κ2) is 8.01. The van der Waals surface area contributed by atoms with E-state index >= 15 is 0 Å². The van der Waals surface area contributed by atoms with Crippen LogP contribution in [0, 0.1) is 0 Å². The predicted molar refractivity (Wildman–Crippen MR) is 112 cm³/mol. The lowest BCUT2D eigenvalue weighted by atomic mass is 9.77. The molecule has 0 amide bonds. The Morgan fingerprint density at radius 2 is 1.00 bits per heavy atom. The van der Waals surface area contributed by atoms with Crippen LogP contribution in [0.5, 0.6) is 0 Å². The molecule has 0 bridgehead atoms. The topological polar surface area (TPSA) is 17.1 Å². The zero-order valence-electron chi connectivity index (χ0n) is 15.2. The van der Waals surface area contributed by atoms with Crippen molar-refractivity contribution >= 4 is 17.9 Å². The van der Waals surface area contributed by atoms with Crippen molar-refractivity contribution in [1.82, 2.24) is 0 Å². The summed E-state index contributed by atoms with van der Waals surface area (Å²) in [5.74, 6) is 0.503. The monoisotopic (exact) mass is 350 g/mol. The minimum absolute atomic E-state index is 0.176. The van der Waals surface area contributed by atoms with Crippen LogP contribution in [0.3, 0.4) is 0 Å². The number of carbonyl (C=O) groups excluding carboxylic acids is 1. The van der Waals surface area contributed by atoms with Gasteiger partial charge in [-0.05, 0) is 47.6 Å². The molecule has 0 atom stereocenters. The summed E-state index contributed by atoms with van der Waals surface area (Å²) in [6, 6.07) is 30.8. The van der Waals surface area contributed by atoms with Crippen molar-refractivity contribution in [1.29, 1.82) is 0 Å². The summed E-state index contributed by atoms with van der Waals surface area (Å²) in [7, 11) is 0. The van der Waals surface area contributed by atoms with E-state index in [1.54, 1.807) is 0 Å². The first-order valence-corrected chi connectivity index (χ1v) is 9.40. The fourth-order valence-electron chi connectivity index (χ4n) is 3.71. The van der Waals surface area contributed by atoms with Gasteiger partial charge in [-0.3, -0.25) is 4.79 Å². The SMILES string of the molecule is O=C1C(=Cc2ccccc2)CC(c2ccccc2)CC1=Cc1ccccc1. The van der Waals surface area contributed by atoms with Gasteiger partial charge in [0.25, 0.3) is 0 Å². The Hall–Kier alpha value is -3.19. The molecule has 1 aliphatic rings. The molecule has 0 heterocycles. The van der Waals surface area contributed by atoms with Gasteiger partial charge in [0.05, 0.1) is 0 Å². The molecule has 132 valence electrons. The van der Waals surface area contributed by atoms with Crippen LogP contribution in [0.2, 0.25) is 0 Å². The number of Topliss-reactive ketones (excluding diaryl/α,β-unsaturated/α-hetero) is 1. The summed E-state index contributed by atoms with van der Waals surface area (Å²) < 4.78 is 0. The molecule has 0 aliphatic heterocycles. The van der Waals surface area contributed by atoms with E-state index in [1.165, 1.54) is 5.56 Å². The lowest BCUT2D eigenvalue weighted by molar-refractivity contribution is -0.113. The molecule has 0 unspecified atom stereocenters. The van der Waals surface area contributed by atoms with Crippen molar-refractivity contribution in [2.45, 2.75) is 18.8 Å². The average molecular weight is 350 g/mol. The molecule has 0 radical (unpaired) electrons.